The minimum absolute atomic E-state index is 0.106. The lowest BCUT2D eigenvalue weighted by atomic mass is 10.0. The highest BCUT2D eigenvalue weighted by Gasteiger charge is 2.10. The van der Waals surface area contributed by atoms with Crippen molar-refractivity contribution in [1.29, 1.82) is 0 Å². The number of nitrogens with one attached hydrogen (secondary N) is 1. The monoisotopic (exact) mass is 270 g/mol. The van der Waals surface area contributed by atoms with Crippen molar-refractivity contribution in [2.75, 3.05) is 6.54 Å². The summed E-state index contributed by atoms with van der Waals surface area (Å²) >= 11 is 0. The first kappa shape index (κ1) is 14.1. The Morgan fingerprint density at radius 3 is 2.85 bits per heavy atom. The van der Waals surface area contributed by atoms with Gasteiger partial charge in [0.25, 0.3) is 5.91 Å². The molecule has 0 radical (unpaired) electrons. The molecule has 0 unspecified atom stereocenters. The van der Waals surface area contributed by atoms with Crippen LogP contribution in [0.15, 0.2) is 36.5 Å². The number of carbonyl (C=O) groups is 1. The maximum absolute atomic E-state index is 12.2. The van der Waals surface area contributed by atoms with Gasteiger partial charge in [-0.3, -0.25) is 4.79 Å². The number of aromatic nitrogens is 2. The van der Waals surface area contributed by atoms with Crippen LogP contribution in [0.25, 0.3) is 0 Å². The predicted molar refractivity (Wildman–Crippen MR) is 77.1 cm³/mol. The Balaban J connectivity index is 2.05. The zero-order valence-corrected chi connectivity index (χ0v) is 11.5. The quantitative estimate of drug-likeness (QED) is 0.856. The van der Waals surface area contributed by atoms with E-state index in [0.29, 0.717) is 30.9 Å². The standard InChI is InChI=1S/C15H18N4O/c1-11-17-9-7-13(19-11)10-18-15(20)14-5-3-2-4-12(14)6-8-16/h2-5,7,9H,6,8,10,16H2,1H3,(H,18,20). The van der Waals surface area contributed by atoms with Crippen LogP contribution in [0.3, 0.4) is 0 Å². The fourth-order valence-corrected chi connectivity index (χ4v) is 1.98. The summed E-state index contributed by atoms with van der Waals surface area (Å²) in [6.07, 6.45) is 2.38. The molecule has 2 aromatic rings. The molecular formula is C15H18N4O. The molecular weight excluding hydrogens is 252 g/mol. The molecule has 2 rings (SSSR count). The Morgan fingerprint density at radius 2 is 2.10 bits per heavy atom. The number of rotatable bonds is 5. The Morgan fingerprint density at radius 1 is 1.30 bits per heavy atom. The van der Waals surface area contributed by atoms with Crippen molar-refractivity contribution in [3.8, 4) is 0 Å². The molecule has 1 aromatic carbocycles. The van der Waals surface area contributed by atoms with E-state index >= 15 is 0 Å². The Bertz CT molecular complexity index is 598. The molecule has 5 heteroatoms. The third-order valence-corrected chi connectivity index (χ3v) is 2.94. The minimum Gasteiger partial charge on any atom is -0.346 e. The van der Waals surface area contributed by atoms with Crippen molar-refractivity contribution >= 4 is 5.91 Å². The number of nitrogens with two attached hydrogens (primary N) is 1. The van der Waals surface area contributed by atoms with Gasteiger partial charge in [-0.05, 0) is 37.6 Å². The molecule has 0 atom stereocenters. The average molecular weight is 270 g/mol. The number of carbonyl (C=O) groups excluding carboxylic acids is 1. The number of hydrogen-bond acceptors (Lipinski definition) is 4. The highest BCUT2D eigenvalue weighted by Crippen LogP contribution is 2.09. The third-order valence-electron chi connectivity index (χ3n) is 2.94. The Kier molecular flexibility index (Phi) is 4.79. The van der Waals surface area contributed by atoms with Gasteiger partial charge in [0.1, 0.15) is 5.82 Å². The zero-order chi connectivity index (χ0) is 14.4. The molecule has 0 saturated heterocycles. The van der Waals surface area contributed by atoms with Crippen LogP contribution in [0.2, 0.25) is 0 Å². The summed E-state index contributed by atoms with van der Waals surface area (Å²) in [6.45, 7) is 2.73. The van der Waals surface area contributed by atoms with Crippen LogP contribution in [-0.4, -0.2) is 22.4 Å². The van der Waals surface area contributed by atoms with Crippen LogP contribution < -0.4 is 11.1 Å². The van der Waals surface area contributed by atoms with Gasteiger partial charge in [-0.2, -0.15) is 0 Å². The van der Waals surface area contributed by atoms with Gasteiger partial charge in [0.05, 0.1) is 12.2 Å². The highest BCUT2D eigenvalue weighted by molar-refractivity contribution is 5.95. The molecule has 0 aliphatic rings. The lowest BCUT2D eigenvalue weighted by Crippen LogP contribution is -2.25. The van der Waals surface area contributed by atoms with E-state index in [9.17, 15) is 4.79 Å². The molecule has 0 spiro atoms. The first-order valence-corrected chi connectivity index (χ1v) is 6.55. The summed E-state index contributed by atoms with van der Waals surface area (Å²) in [5, 5.41) is 2.87. The molecule has 20 heavy (non-hydrogen) atoms. The number of benzene rings is 1. The number of amides is 1. The molecule has 1 amide bonds. The first-order chi connectivity index (χ1) is 9.70. The van der Waals surface area contributed by atoms with Crippen molar-refractivity contribution in [2.45, 2.75) is 19.9 Å². The smallest absolute Gasteiger partial charge is 0.251 e. The third kappa shape index (κ3) is 3.61. The van der Waals surface area contributed by atoms with E-state index in [1.165, 1.54) is 0 Å². The van der Waals surface area contributed by atoms with Crippen LogP contribution in [0.4, 0.5) is 0 Å². The normalized spacial score (nSPS) is 10.3. The maximum Gasteiger partial charge on any atom is 0.251 e. The van der Waals surface area contributed by atoms with Crippen molar-refractivity contribution in [3.63, 3.8) is 0 Å². The minimum atomic E-state index is -0.106. The summed E-state index contributed by atoms with van der Waals surface area (Å²) in [5.41, 5.74) is 7.99. The van der Waals surface area contributed by atoms with Gasteiger partial charge in [-0.1, -0.05) is 18.2 Å². The summed E-state index contributed by atoms with van der Waals surface area (Å²) in [6, 6.07) is 9.29. The second-order valence-corrected chi connectivity index (χ2v) is 4.47. The van der Waals surface area contributed by atoms with E-state index in [1.54, 1.807) is 12.3 Å². The second-order valence-electron chi connectivity index (χ2n) is 4.47. The molecule has 1 heterocycles. The lowest BCUT2D eigenvalue weighted by Gasteiger charge is -2.09. The lowest BCUT2D eigenvalue weighted by molar-refractivity contribution is 0.0949. The highest BCUT2D eigenvalue weighted by atomic mass is 16.1. The van der Waals surface area contributed by atoms with Gasteiger partial charge in [0.15, 0.2) is 0 Å². The second kappa shape index (κ2) is 6.77. The van der Waals surface area contributed by atoms with Crippen molar-refractivity contribution < 1.29 is 4.79 Å². The molecule has 3 N–H and O–H groups in total. The average Bonchev–Trinajstić information content (AvgIpc) is 2.46. The summed E-state index contributed by atoms with van der Waals surface area (Å²) in [5.74, 6) is 0.589. The van der Waals surface area contributed by atoms with Crippen LogP contribution >= 0.6 is 0 Å². The molecule has 0 fully saturated rings. The number of hydrogen-bond donors (Lipinski definition) is 2. The number of nitrogens with zero attached hydrogens (tertiary/aromatic N) is 2. The van der Waals surface area contributed by atoms with Gasteiger partial charge in [-0.15, -0.1) is 0 Å². The molecule has 104 valence electrons. The Hall–Kier alpha value is -2.27. The zero-order valence-electron chi connectivity index (χ0n) is 11.5. The SMILES string of the molecule is Cc1nccc(CNC(=O)c2ccccc2CCN)n1. The van der Waals surface area contributed by atoms with Gasteiger partial charge in [0.2, 0.25) is 0 Å². The van der Waals surface area contributed by atoms with Crippen molar-refractivity contribution in [1.82, 2.24) is 15.3 Å². The van der Waals surface area contributed by atoms with Crippen LogP contribution in [-0.2, 0) is 13.0 Å². The predicted octanol–water partition coefficient (Wildman–Crippen LogP) is 1.22. The molecule has 0 aliphatic heterocycles. The van der Waals surface area contributed by atoms with Gasteiger partial charge in [0, 0.05) is 11.8 Å². The van der Waals surface area contributed by atoms with Crippen LogP contribution in [0.5, 0.6) is 0 Å². The fourth-order valence-electron chi connectivity index (χ4n) is 1.98. The van der Waals surface area contributed by atoms with Gasteiger partial charge in [-0.25, -0.2) is 9.97 Å². The van der Waals surface area contributed by atoms with Crippen molar-refractivity contribution in [3.05, 3.63) is 59.2 Å². The van der Waals surface area contributed by atoms with E-state index in [2.05, 4.69) is 15.3 Å². The largest absolute Gasteiger partial charge is 0.346 e. The Labute approximate surface area is 118 Å². The van der Waals surface area contributed by atoms with Gasteiger partial charge < -0.3 is 11.1 Å². The van der Waals surface area contributed by atoms with Gasteiger partial charge >= 0.3 is 0 Å². The molecule has 1 aromatic heterocycles. The van der Waals surface area contributed by atoms with E-state index in [-0.39, 0.29) is 5.91 Å². The fraction of sp³-hybridized carbons (Fsp3) is 0.267. The first-order valence-electron chi connectivity index (χ1n) is 6.55. The number of aryl methyl sites for hydroxylation is 1. The maximum atomic E-state index is 12.2. The van der Waals surface area contributed by atoms with Crippen LogP contribution in [0, 0.1) is 6.92 Å². The van der Waals surface area contributed by atoms with E-state index in [1.807, 2.05) is 31.2 Å². The molecule has 0 saturated carbocycles. The molecule has 0 aliphatic carbocycles. The summed E-state index contributed by atoms with van der Waals surface area (Å²) in [7, 11) is 0. The molecule has 5 nitrogen and oxygen atoms in total. The van der Waals surface area contributed by atoms with E-state index in [0.717, 1.165) is 11.3 Å². The summed E-state index contributed by atoms with van der Waals surface area (Å²) < 4.78 is 0. The van der Waals surface area contributed by atoms with Crippen LogP contribution in [0.1, 0.15) is 27.4 Å². The van der Waals surface area contributed by atoms with E-state index < -0.39 is 0 Å². The topological polar surface area (TPSA) is 80.9 Å². The van der Waals surface area contributed by atoms with Crippen molar-refractivity contribution in [2.24, 2.45) is 5.73 Å². The summed E-state index contributed by atoms with van der Waals surface area (Å²) in [4.78, 5) is 20.5. The molecule has 0 bridgehead atoms. The van der Waals surface area contributed by atoms with E-state index in [4.69, 9.17) is 5.73 Å².